The lowest BCUT2D eigenvalue weighted by atomic mass is 10.1. The van der Waals surface area contributed by atoms with E-state index in [-0.39, 0.29) is 36.2 Å². The third-order valence-corrected chi connectivity index (χ3v) is 5.41. The van der Waals surface area contributed by atoms with Gasteiger partial charge in [-0.3, -0.25) is 4.79 Å². The second-order valence-corrected chi connectivity index (χ2v) is 8.03. The van der Waals surface area contributed by atoms with Crippen molar-refractivity contribution >= 4 is 34.7 Å². The van der Waals surface area contributed by atoms with Crippen molar-refractivity contribution in [2.75, 3.05) is 43.4 Å². The van der Waals surface area contributed by atoms with Gasteiger partial charge in [0.15, 0.2) is 0 Å². The summed E-state index contributed by atoms with van der Waals surface area (Å²) in [7, 11) is 0. The monoisotopic (exact) mass is 501 g/mol. The van der Waals surface area contributed by atoms with E-state index in [0.717, 1.165) is 13.1 Å². The topological polar surface area (TPSA) is 118 Å². The highest BCUT2D eigenvalue weighted by molar-refractivity contribution is 6.30. The number of halogens is 2. The highest BCUT2D eigenvalue weighted by Crippen LogP contribution is 2.31. The number of carbonyl (C=O) groups is 1. The van der Waals surface area contributed by atoms with Crippen LogP contribution in [0.15, 0.2) is 42.6 Å². The van der Waals surface area contributed by atoms with Crippen molar-refractivity contribution in [3.8, 4) is 17.1 Å². The summed E-state index contributed by atoms with van der Waals surface area (Å²) in [6.45, 7) is 7.06. The Hall–Kier alpha value is -3.34. The van der Waals surface area contributed by atoms with E-state index in [1.165, 1.54) is 18.2 Å². The molecular weight excluding hydrogens is 473 g/mol. The van der Waals surface area contributed by atoms with Gasteiger partial charge in [0.1, 0.15) is 23.9 Å². The predicted octanol–water partition coefficient (Wildman–Crippen LogP) is 4.08. The lowest BCUT2D eigenvalue weighted by Crippen LogP contribution is -2.27. The standard InChI is InChI=1S/C24H29ClFN7O2/c1-3-33(4-2)11-8-23(34)30-22-14-17(7-10-28-22)29-21-15-20(31-32-24(21)35-12-9-27)18-13-16(25)5-6-19(18)26/h5-7,10,13-15H,3-4,8-9,11-12,27H2,1-2H3,(H2,28,29,30,31,34). The average Bonchev–Trinajstić information content (AvgIpc) is 2.85. The Morgan fingerprint density at radius 3 is 2.71 bits per heavy atom. The van der Waals surface area contributed by atoms with E-state index < -0.39 is 5.82 Å². The van der Waals surface area contributed by atoms with E-state index in [1.807, 2.05) is 0 Å². The van der Waals surface area contributed by atoms with Gasteiger partial charge in [0.2, 0.25) is 5.91 Å². The molecule has 186 valence electrons. The maximum absolute atomic E-state index is 14.4. The molecule has 3 rings (SSSR count). The largest absolute Gasteiger partial charge is 0.474 e. The Balaban J connectivity index is 1.81. The Morgan fingerprint density at radius 2 is 1.97 bits per heavy atom. The number of hydrogen-bond donors (Lipinski definition) is 3. The van der Waals surface area contributed by atoms with Crippen LogP contribution < -0.4 is 21.1 Å². The number of aromatic nitrogens is 3. The van der Waals surface area contributed by atoms with Gasteiger partial charge in [0.25, 0.3) is 5.88 Å². The van der Waals surface area contributed by atoms with Crippen LogP contribution in [-0.4, -0.2) is 58.8 Å². The molecular formula is C24H29ClFN7O2. The molecule has 0 radical (unpaired) electrons. The molecule has 0 unspecified atom stereocenters. The van der Waals surface area contributed by atoms with Gasteiger partial charge < -0.3 is 26.0 Å². The first-order valence-corrected chi connectivity index (χ1v) is 11.7. The fourth-order valence-corrected chi connectivity index (χ4v) is 3.47. The van der Waals surface area contributed by atoms with Gasteiger partial charge >= 0.3 is 0 Å². The molecule has 1 amide bonds. The number of rotatable bonds is 12. The van der Waals surface area contributed by atoms with Crippen LogP contribution in [0.5, 0.6) is 5.88 Å². The molecule has 0 bridgehead atoms. The molecule has 0 spiro atoms. The normalized spacial score (nSPS) is 10.9. The zero-order valence-electron chi connectivity index (χ0n) is 19.7. The molecule has 0 fully saturated rings. The molecule has 2 aromatic heterocycles. The van der Waals surface area contributed by atoms with E-state index in [1.54, 1.807) is 24.4 Å². The van der Waals surface area contributed by atoms with Gasteiger partial charge in [-0.25, -0.2) is 9.37 Å². The molecule has 35 heavy (non-hydrogen) atoms. The van der Waals surface area contributed by atoms with E-state index >= 15 is 0 Å². The quantitative estimate of drug-likeness (QED) is 0.339. The van der Waals surface area contributed by atoms with Gasteiger partial charge in [-0.15, -0.1) is 10.2 Å². The minimum Gasteiger partial charge on any atom is -0.474 e. The minimum absolute atomic E-state index is 0.127. The third kappa shape index (κ3) is 7.57. The molecule has 1 aromatic carbocycles. The number of anilines is 3. The van der Waals surface area contributed by atoms with Crippen LogP contribution in [0.25, 0.3) is 11.3 Å². The maximum Gasteiger partial charge on any atom is 0.257 e. The molecule has 0 atom stereocenters. The van der Waals surface area contributed by atoms with Gasteiger partial charge in [-0.1, -0.05) is 25.4 Å². The highest BCUT2D eigenvalue weighted by atomic mass is 35.5. The van der Waals surface area contributed by atoms with Crippen LogP contribution in [0.2, 0.25) is 5.02 Å². The molecule has 9 nitrogen and oxygen atoms in total. The molecule has 11 heteroatoms. The summed E-state index contributed by atoms with van der Waals surface area (Å²) in [5.41, 5.74) is 7.08. The Kier molecular flexibility index (Phi) is 9.71. The lowest BCUT2D eigenvalue weighted by molar-refractivity contribution is -0.116. The fraction of sp³-hybridized carbons (Fsp3) is 0.333. The van der Waals surface area contributed by atoms with E-state index in [9.17, 15) is 9.18 Å². The smallest absolute Gasteiger partial charge is 0.257 e. The second-order valence-electron chi connectivity index (χ2n) is 7.59. The van der Waals surface area contributed by atoms with E-state index in [2.05, 4.69) is 44.6 Å². The first-order valence-electron chi connectivity index (χ1n) is 11.3. The summed E-state index contributed by atoms with van der Waals surface area (Å²) in [6.07, 6.45) is 1.93. The Labute approximate surface area is 208 Å². The van der Waals surface area contributed by atoms with Crippen molar-refractivity contribution in [2.45, 2.75) is 20.3 Å². The molecule has 3 aromatic rings. The first-order chi connectivity index (χ1) is 16.9. The Bertz CT molecular complexity index is 1140. The number of ether oxygens (including phenoxy) is 1. The predicted molar refractivity (Wildman–Crippen MR) is 136 cm³/mol. The van der Waals surface area contributed by atoms with Crippen LogP contribution in [0, 0.1) is 5.82 Å². The molecule has 0 aliphatic carbocycles. The lowest BCUT2D eigenvalue weighted by Gasteiger charge is -2.17. The summed E-state index contributed by atoms with van der Waals surface area (Å²) in [4.78, 5) is 18.7. The zero-order valence-corrected chi connectivity index (χ0v) is 20.5. The number of nitrogens with two attached hydrogens (primary N) is 1. The highest BCUT2D eigenvalue weighted by Gasteiger charge is 2.15. The summed E-state index contributed by atoms with van der Waals surface area (Å²) >= 11 is 6.04. The summed E-state index contributed by atoms with van der Waals surface area (Å²) in [6, 6.07) is 9.21. The molecule has 0 saturated heterocycles. The summed E-state index contributed by atoms with van der Waals surface area (Å²) in [5.74, 6) is -0.0166. The van der Waals surface area contributed by atoms with Crippen LogP contribution in [-0.2, 0) is 4.79 Å². The van der Waals surface area contributed by atoms with Crippen LogP contribution >= 0.6 is 11.6 Å². The van der Waals surface area contributed by atoms with Crippen molar-refractivity contribution < 1.29 is 13.9 Å². The van der Waals surface area contributed by atoms with Gasteiger partial charge in [-0.05, 0) is 43.4 Å². The number of benzene rings is 1. The molecule has 2 heterocycles. The SMILES string of the molecule is CCN(CC)CCC(=O)Nc1cc(Nc2cc(-c3cc(Cl)ccc3F)nnc2OCCN)ccn1. The molecule has 4 N–H and O–H groups in total. The fourth-order valence-electron chi connectivity index (χ4n) is 3.29. The van der Waals surface area contributed by atoms with E-state index in [4.69, 9.17) is 22.1 Å². The van der Waals surface area contributed by atoms with E-state index in [0.29, 0.717) is 35.2 Å². The van der Waals surface area contributed by atoms with Crippen LogP contribution in [0.3, 0.4) is 0 Å². The van der Waals surface area contributed by atoms with Crippen LogP contribution in [0.1, 0.15) is 20.3 Å². The number of amides is 1. The summed E-state index contributed by atoms with van der Waals surface area (Å²) in [5, 5.41) is 14.6. The molecule has 0 saturated carbocycles. The van der Waals surface area contributed by atoms with Crippen molar-refractivity contribution in [1.82, 2.24) is 20.1 Å². The molecule has 0 aliphatic heterocycles. The third-order valence-electron chi connectivity index (χ3n) is 5.18. The van der Waals surface area contributed by atoms with Gasteiger partial charge in [0.05, 0.1) is 5.69 Å². The maximum atomic E-state index is 14.4. The number of nitrogens with one attached hydrogen (secondary N) is 2. The number of pyridine rings is 1. The number of nitrogens with zero attached hydrogens (tertiary/aromatic N) is 4. The minimum atomic E-state index is -0.483. The second kappa shape index (κ2) is 12.9. The van der Waals surface area contributed by atoms with Gasteiger partial charge in [0, 0.05) is 48.0 Å². The average molecular weight is 502 g/mol. The summed E-state index contributed by atoms with van der Waals surface area (Å²) < 4.78 is 20.0. The number of carbonyl (C=O) groups excluding carboxylic acids is 1. The molecule has 0 aliphatic rings. The van der Waals surface area contributed by atoms with Crippen molar-refractivity contribution in [2.24, 2.45) is 5.73 Å². The van der Waals surface area contributed by atoms with Crippen molar-refractivity contribution in [1.29, 1.82) is 0 Å². The van der Waals surface area contributed by atoms with Crippen molar-refractivity contribution in [3.05, 3.63) is 53.4 Å². The zero-order chi connectivity index (χ0) is 25.2. The first kappa shape index (κ1) is 26.3. The number of hydrogen-bond acceptors (Lipinski definition) is 8. The van der Waals surface area contributed by atoms with Crippen LogP contribution in [0.4, 0.5) is 21.6 Å². The Morgan fingerprint density at radius 1 is 1.17 bits per heavy atom. The van der Waals surface area contributed by atoms with Crippen molar-refractivity contribution in [3.63, 3.8) is 0 Å². The van der Waals surface area contributed by atoms with Gasteiger partial charge in [-0.2, -0.15) is 0 Å².